The molecule has 0 amide bonds. The topological polar surface area (TPSA) is 9.23 Å². The molecule has 20 heavy (non-hydrogen) atoms. The van der Waals surface area contributed by atoms with Crippen LogP contribution in [-0.4, -0.2) is 6.61 Å². The second-order valence-electron chi connectivity index (χ2n) is 4.91. The average molecular weight is 264 g/mol. The smallest absolute Gasteiger partial charge is 0.119 e. The Bertz CT molecular complexity index is 573. The van der Waals surface area contributed by atoms with Crippen molar-refractivity contribution in [1.82, 2.24) is 0 Å². The molecule has 1 heteroatoms. The number of rotatable bonds is 5. The van der Waals surface area contributed by atoms with Gasteiger partial charge >= 0.3 is 0 Å². The molecule has 0 atom stereocenters. The van der Waals surface area contributed by atoms with Crippen LogP contribution in [0.2, 0.25) is 0 Å². The second kappa shape index (κ2) is 7.34. The molecule has 102 valence electrons. The van der Waals surface area contributed by atoms with Crippen molar-refractivity contribution in [2.24, 2.45) is 0 Å². The summed E-state index contributed by atoms with van der Waals surface area (Å²) in [4.78, 5) is 0. The van der Waals surface area contributed by atoms with Gasteiger partial charge in [-0.25, -0.2) is 0 Å². The molecule has 0 saturated carbocycles. The lowest BCUT2D eigenvalue weighted by Crippen LogP contribution is -1.93. The van der Waals surface area contributed by atoms with Crippen LogP contribution >= 0.6 is 0 Å². The quantitative estimate of drug-likeness (QED) is 0.532. The molecule has 2 aromatic carbocycles. The molecular weight excluding hydrogens is 244 g/mol. The van der Waals surface area contributed by atoms with Crippen molar-refractivity contribution in [2.45, 2.75) is 13.8 Å². The minimum absolute atomic E-state index is 0.627. The molecular formula is C19H20O. The first-order chi connectivity index (χ1) is 9.74. The normalized spacial score (nSPS) is 10.5. The molecule has 0 unspecified atom stereocenters. The van der Waals surface area contributed by atoms with E-state index < -0.39 is 0 Å². The number of hydrogen-bond acceptors (Lipinski definition) is 1. The van der Waals surface area contributed by atoms with Crippen molar-refractivity contribution in [3.8, 4) is 5.75 Å². The highest BCUT2D eigenvalue weighted by molar-refractivity contribution is 5.69. The standard InChI is InChI=1S/C19H20O/c1-16(2)14-15-20-19-12-10-18(11-13-19)9-8-17-6-4-3-5-7-17/h3-14H,15H2,1-2H3/b9-8+. The predicted molar refractivity (Wildman–Crippen MR) is 86.7 cm³/mol. The average Bonchev–Trinajstić information content (AvgIpc) is 2.47. The summed E-state index contributed by atoms with van der Waals surface area (Å²) in [6.45, 7) is 4.77. The molecule has 1 nitrogen and oxygen atoms in total. The Kier molecular flexibility index (Phi) is 5.19. The fourth-order valence-corrected chi connectivity index (χ4v) is 1.74. The zero-order valence-corrected chi connectivity index (χ0v) is 12.0. The molecule has 0 fully saturated rings. The van der Waals surface area contributed by atoms with E-state index in [2.05, 4.69) is 56.3 Å². The van der Waals surface area contributed by atoms with Gasteiger partial charge in [-0.1, -0.05) is 60.2 Å². The van der Waals surface area contributed by atoms with Crippen LogP contribution in [0.4, 0.5) is 0 Å². The van der Waals surface area contributed by atoms with Gasteiger partial charge in [0.15, 0.2) is 0 Å². The summed E-state index contributed by atoms with van der Waals surface area (Å²) in [5, 5.41) is 0. The van der Waals surface area contributed by atoms with E-state index in [0.717, 1.165) is 5.75 Å². The minimum Gasteiger partial charge on any atom is -0.490 e. The zero-order chi connectivity index (χ0) is 14.2. The van der Waals surface area contributed by atoms with Gasteiger partial charge in [-0.2, -0.15) is 0 Å². The molecule has 2 rings (SSSR count). The first-order valence-electron chi connectivity index (χ1n) is 6.83. The fourth-order valence-electron chi connectivity index (χ4n) is 1.74. The first kappa shape index (κ1) is 14.1. The number of ether oxygens (including phenoxy) is 1. The summed E-state index contributed by atoms with van der Waals surface area (Å²) in [6.07, 6.45) is 6.29. The van der Waals surface area contributed by atoms with Gasteiger partial charge in [0.1, 0.15) is 12.4 Å². The maximum Gasteiger partial charge on any atom is 0.119 e. The van der Waals surface area contributed by atoms with Crippen LogP contribution in [0, 0.1) is 0 Å². The van der Waals surface area contributed by atoms with Gasteiger partial charge in [-0.15, -0.1) is 0 Å². The van der Waals surface area contributed by atoms with Crippen molar-refractivity contribution >= 4 is 12.2 Å². The van der Waals surface area contributed by atoms with Crippen LogP contribution in [0.5, 0.6) is 5.75 Å². The molecule has 0 bridgehead atoms. The molecule has 0 saturated heterocycles. The Morgan fingerprint density at radius 2 is 1.45 bits per heavy atom. The SMILES string of the molecule is CC(C)=CCOc1ccc(/C=C/c2ccccc2)cc1. The first-order valence-corrected chi connectivity index (χ1v) is 6.83. The fraction of sp³-hybridized carbons (Fsp3) is 0.158. The second-order valence-corrected chi connectivity index (χ2v) is 4.91. The molecule has 0 aliphatic heterocycles. The van der Waals surface area contributed by atoms with Crippen LogP contribution in [0.25, 0.3) is 12.2 Å². The van der Waals surface area contributed by atoms with Crippen molar-refractivity contribution < 1.29 is 4.74 Å². The zero-order valence-electron chi connectivity index (χ0n) is 12.0. The lowest BCUT2D eigenvalue weighted by Gasteiger charge is -2.03. The van der Waals surface area contributed by atoms with E-state index in [4.69, 9.17) is 4.74 Å². The molecule has 0 aromatic heterocycles. The van der Waals surface area contributed by atoms with Crippen LogP contribution in [0.1, 0.15) is 25.0 Å². The largest absolute Gasteiger partial charge is 0.490 e. The Balaban J connectivity index is 1.95. The summed E-state index contributed by atoms with van der Waals surface area (Å²) >= 11 is 0. The number of benzene rings is 2. The van der Waals surface area contributed by atoms with Gasteiger partial charge < -0.3 is 4.74 Å². The van der Waals surface area contributed by atoms with Crippen molar-refractivity contribution in [2.75, 3.05) is 6.61 Å². The third-order valence-electron chi connectivity index (χ3n) is 2.89. The predicted octanol–water partition coefficient (Wildman–Crippen LogP) is 5.20. The Morgan fingerprint density at radius 3 is 2.05 bits per heavy atom. The summed E-state index contributed by atoms with van der Waals surface area (Å²) in [5.74, 6) is 0.902. The highest BCUT2D eigenvalue weighted by Gasteiger charge is 1.92. The Morgan fingerprint density at radius 1 is 0.850 bits per heavy atom. The molecule has 0 aliphatic carbocycles. The van der Waals surface area contributed by atoms with Gasteiger partial charge in [0.05, 0.1) is 0 Å². The lowest BCUT2D eigenvalue weighted by molar-refractivity contribution is 0.362. The van der Waals surface area contributed by atoms with Gasteiger partial charge in [0, 0.05) is 0 Å². The van der Waals surface area contributed by atoms with Crippen LogP contribution in [-0.2, 0) is 0 Å². The molecule has 0 radical (unpaired) electrons. The Hall–Kier alpha value is -2.28. The monoisotopic (exact) mass is 264 g/mol. The third-order valence-corrected chi connectivity index (χ3v) is 2.89. The van der Waals surface area contributed by atoms with Gasteiger partial charge in [-0.3, -0.25) is 0 Å². The minimum atomic E-state index is 0.627. The summed E-state index contributed by atoms with van der Waals surface area (Å²) in [5.41, 5.74) is 3.65. The van der Waals surface area contributed by atoms with Crippen LogP contribution < -0.4 is 4.74 Å². The Labute approximate surface area is 121 Å². The molecule has 0 aliphatic rings. The van der Waals surface area contributed by atoms with Crippen molar-refractivity contribution in [1.29, 1.82) is 0 Å². The van der Waals surface area contributed by atoms with E-state index in [9.17, 15) is 0 Å². The van der Waals surface area contributed by atoms with Crippen molar-refractivity contribution in [3.63, 3.8) is 0 Å². The van der Waals surface area contributed by atoms with Gasteiger partial charge in [0.2, 0.25) is 0 Å². The van der Waals surface area contributed by atoms with E-state index >= 15 is 0 Å². The highest BCUT2D eigenvalue weighted by atomic mass is 16.5. The van der Waals surface area contributed by atoms with Gasteiger partial charge in [0.25, 0.3) is 0 Å². The van der Waals surface area contributed by atoms with E-state index in [1.165, 1.54) is 16.7 Å². The van der Waals surface area contributed by atoms with E-state index in [1.807, 2.05) is 30.3 Å². The molecule has 0 N–H and O–H groups in total. The maximum atomic E-state index is 5.63. The van der Waals surface area contributed by atoms with Crippen LogP contribution in [0.15, 0.2) is 66.2 Å². The molecule has 0 spiro atoms. The van der Waals surface area contributed by atoms with E-state index in [-0.39, 0.29) is 0 Å². The summed E-state index contributed by atoms with van der Waals surface area (Å²) < 4.78 is 5.63. The van der Waals surface area contributed by atoms with Gasteiger partial charge in [-0.05, 0) is 43.2 Å². The summed E-state index contributed by atoms with van der Waals surface area (Å²) in [7, 11) is 0. The number of allylic oxidation sites excluding steroid dienone is 1. The molecule has 0 heterocycles. The maximum absolute atomic E-state index is 5.63. The van der Waals surface area contributed by atoms with Crippen LogP contribution in [0.3, 0.4) is 0 Å². The number of hydrogen-bond donors (Lipinski definition) is 0. The van der Waals surface area contributed by atoms with E-state index in [0.29, 0.717) is 6.61 Å². The molecule has 2 aromatic rings. The highest BCUT2D eigenvalue weighted by Crippen LogP contribution is 2.14. The third kappa shape index (κ3) is 4.77. The lowest BCUT2D eigenvalue weighted by atomic mass is 10.1. The van der Waals surface area contributed by atoms with E-state index in [1.54, 1.807) is 0 Å². The summed E-state index contributed by atoms with van der Waals surface area (Å²) in [6, 6.07) is 18.4. The van der Waals surface area contributed by atoms with Crippen molar-refractivity contribution in [3.05, 3.63) is 77.4 Å².